The molecular weight excluding hydrogens is 240 g/mol. The summed E-state index contributed by atoms with van der Waals surface area (Å²) in [7, 11) is 0. The van der Waals surface area contributed by atoms with Gasteiger partial charge in [0.1, 0.15) is 0 Å². The monoisotopic (exact) mass is 263 g/mol. The highest BCUT2D eigenvalue weighted by atomic mass is 19.3. The van der Waals surface area contributed by atoms with Gasteiger partial charge in [-0.25, -0.2) is 13.6 Å². The van der Waals surface area contributed by atoms with Gasteiger partial charge in [0, 0.05) is 30.5 Å². The maximum Gasteiger partial charge on any atom is 0.315 e. The molecule has 1 aliphatic carbocycles. The third kappa shape index (κ3) is 5.16. The Morgan fingerprint density at radius 3 is 2.17 bits per heavy atom. The molecular formula is C12H23F2N3O. The lowest BCUT2D eigenvalue weighted by molar-refractivity contribution is -0.0499. The van der Waals surface area contributed by atoms with E-state index in [0.29, 0.717) is 0 Å². The molecule has 1 aliphatic rings. The first-order chi connectivity index (χ1) is 8.02. The molecule has 0 saturated heterocycles. The molecule has 18 heavy (non-hydrogen) atoms. The minimum atomic E-state index is -2.60. The molecule has 0 atom stereocenters. The van der Waals surface area contributed by atoms with Crippen molar-refractivity contribution in [1.29, 1.82) is 0 Å². The van der Waals surface area contributed by atoms with E-state index in [1.165, 1.54) is 0 Å². The summed E-state index contributed by atoms with van der Waals surface area (Å²) in [5.41, 5.74) is 4.98. The molecule has 4 nitrogen and oxygen atoms in total. The van der Waals surface area contributed by atoms with Gasteiger partial charge in [0.15, 0.2) is 0 Å². The minimum absolute atomic E-state index is 0.202. The van der Waals surface area contributed by atoms with Crippen LogP contribution in [0.4, 0.5) is 13.6 Å². The number of nitrogens with one attached hydrogen (secondary N) is 2. The van der Waals surface area contributed by atoms with E-state index >= 15 is 0 Å². The molecule has 2 amide bonds. The highest BCUT2D eigenvalue weighted by molar-refractivity contribution is 5.74. The number of urea groups is 1. The van der Waals surface area contributed by atoms with Crippen LogP contribution >= 0.6 is 0 Å². The SMILES string of the molecule is CC(C)(C)NC(=O)NCC1(N)CCC(F)(F)CC1. The average Bonchev–Trinajstić information content (AvgIpc) is 2.18. The molecule has 0 aliphatic heterocycles. The number of hydrogen-bond donors (Lipinski definition) is 3. The Hall–Kier alpha value is -0.910. The van der Waals surface area contributed by atoms with Crippen LogP contribution in [0.25, 0.3) is 0 Å². The van der Waals surface area contributed by atoms with Gasteiger partial charge in [-0.15, -0.1) is 0 Å². The van der Waals surface area contributed by atoms with E-state index in [-0.39, 0.29) is 43.8 Å². The van der Waals surface area contributed by atoms with Gasteiger partial charge in [-0.05, 0) is 33.6 Å². The molecule has 1 rings (SSSR count). The molecule has 0 radical (unpaired) electrons. The second-order valence-electron chi connectivity index (χ2n) is 6.28. The Morgan fingerprint density at radius 1 is 1.22 bits per heavy atom. The van der Waals surface area contributed by atoms with Crippen molar-refractivity contribution >= 4 is 6.03 Å². The van der Waals surface area contributed by atoms with Crippen LogP contribution in [-0.2, 0) is 0 Å². The number of nitrogens with two attached hydrogens (primary N) is 1. The summed E-state index contributed by atoms with van der Waals surface area (Å²) >= 11 is 0. The van der Waals surface area contributed by atoms with Gasteiger partial charge in [0.2, 0.25) is 5.92 Å². The predicted octanol–water partition coefficient (Wildman–Crippen LogP) is 1.99. The van der Waals surface area contributed by atoms with Crippen LogP contribution in [0.3, 0.4) is 0 Å². The lowest BCUT2D eigenvalue weighted by Gasteiger charge is -2.37. The van der Waals surface area contributed by atoms with Gasteiger partial charge in [0.25, 0.3) is 0 Å². The first kappa shape index (κ1) is 15.1. The average molecular weight is 263 g/mol. The van der Waals surface area contributed by atoms with Gasteiger partial charge in [-0.3, -0.25) is 0 Å². The van der Waals surface area contributed by atoms with Crippen molar-refractivity contribution in [3.8, 4) is 0 Å². The normalized spacial score (nSPS) is 22.3. The minimum Gasteiger partial charge on any atom is -0.336 e. The number of amides is 2. The summed E-state index contributed by atoms with van der Waals surface area (Å²) in [5.74, 6) is -2.60. The Balaban J connectivity index is 2.37. The molecule has 6 heteroatoms. The number of halogens is 2. The van der Waals surface area contributed by atoms with Crippen LogP contribution in [0.5, 0.6) is 0 Å². The molecule has 0 aromatic rings. The summed E-state index contributed by atoms with van der Waals surface area (Å²) in [6.45, 7) is 5.83. The Bertz CT molecular complexity index is 303. The van der Waals surface area contributed by atoms with E-state index in [4.69, 9.17) is 5.73 Å². The van der Waals surface area contributed by atoms with Gasteiger partial charge in [0.05, 0.1) is 0 Å². The molecule has 1 fully saturated rings. The molecule has 0 aromatic heterocycles. The van der Waals surface area contributed by atoms with E-state index in [1.54, 1.807) is 0 Å². The van der Waals surface area contributed by atoms with Crippen LogP contribution in [0.2, 0.25) is 0 Å². The fourth-order valence-corrected chi connectivity index (χ4v) is 1.93. The summed E-state index contributed by atoms with van der Waals surface area (Å²) in [4.78, 5) is 11.5. The Morgan fingerprint density at radius 2 is 1.72 bits per heavy atom. The van der Waals surface area contributed by atoms with Crippen molar-refractivity contribution in [1.82, 2.24) is 10.6 Å². The quantitative estimate of drug-likeness (QED) is 0.713. The first-order valence-corrected chi connectivity index (χ1v) is 6.24. The van der Waals surface area contributed by atoms with Crippen LogP contribution in [-0.4, -0.2) is 29.6 Å². The van der Waals surface area contributed by atoms with Crippen LogP contribution in [0, 0.1) is 0 Å². The first-order valence-electron chi connectivity index (χ1n) is 6.24. The van der Waals surface area contributed by atoms with Gasteiger partial charge in [-0.2, -0.15) is 0 Å². The number of carbonyl (C=O) groups is 1. The van der Waals surface area contributed by atoms with Gasteiger partial charge in [-0.1, -0.05) is 0 Å². The van der Waals surface area contributed by atoms with Crippen molar-refractivity contribution < 1.29 is 13.6 Å². The van der Waals surface area contributed by atoms with E-state index in [2.05, 4.69) is 10.6 Å². The number of hydrogen-bond acceptors (Lipinski definition) is 2. The zero-order valence-electron chi connectivity index (χ0n) is 11.3. The fourth-order valence-electron chi connectivity index (χ4n) is 1.93. The van der Waals surface area contributed by atoms with Gasteiger partial charge < -0.3 is 16.4 Å². The summed E-state index contributed by atoms with van der Waals surface area (Å²) in [5, 5.41) is 5.40. The number of rotatable bonds is 2. The van der Waals surface area contributed by atoms with E-state index in [0.717, 1.165) is 0 Å². The largest absolute Gasteiger partial charge is 0.336 e. The van der Waals surface area contributed by atoms with Crippen molar-refractivity contribution in [3.63, 3.8) is 0 Å². The highest BCUT2D eigenvalue weighted by Crippen LogP contribution is 2.36. The molecule has 0 heterocycles. The van der Waals surface area contributed by atoms with Crippen LogP contribution in [0.15, 0.2) is 0 Å². The standard InChI is InChI=1S/C12H23F2N3O/c1-10(2,3)17-9(18)16-8-11(15)4-6-12(13,14)7-5-11/h4-8,15H2,1-3H3,(H2,16,17,18). The fraction of sp³-hybridized carbons (Fsp3) is 0.917. The third-order valence-electron chi connectivity index (χ3n) is 3.07. The molecule has 106 valence electrons. The number of alkyl halides is 2. The Labute approximate surface area is 107 Å². The molecule has 0 aromatic carbocycles. The van der Waals surface area contributed by atoms with Crippen LogP contribution < -0.4 is 16.4 Å². The van der Waals surface area contributed by atoms with E-state index in [1.807, 2.05) is 20.8 Å². The zero-order valence-corrected chi connectivity index (χ0v) is 11.3. The lowest BCUT2D eigenvalue weighted by atomic mass is 9.80. The predicted molar refractivity (Wildman–Crippen MR) is 66.6 cm³/mol. The maximum absolute atomic E-state index is 13.0. The highest BCUT2D eigenvalue weighted by Gasteiger charge is 2.41. The van der Waals surface area contributed by atoms with E-state index in [9.17, 15) is 13.6 Å². The summed E-state index contributed by atoms with van der Waals surface area (Å²) in [6.07, 6.45) is 0.0593. The number of carbonyl (C=O) groups excluding carboxylic acids is 1. The van der Waals surface area contributed by atoms with Crippen molar-refractivity contribution in [2.24, 2.45) is 5.73 Å². The maximum atomic E-state index is 13.0. The molecule has 4 N–H and O–H groups in total. The zero-order chi connectivity index (χ0) is 14.0. The van der Waals surface area contributed by atoms with Crippen LogP contribution in [0.1, 0.15) is 46.5 Å². The molecule has 1 saturated carbocycles. The summed E-state index contributed by atoms with van der Waals surface area (Å²) in [6, 6.07) is -0.315. The lowest BCUT2D eigenvalue weighted by Crippen LogP contribution is -2.56. The second kappa shape index (κ2) is 4.99. The summed E-state index contributed by atoms with van der Waals surface area (Å²) < 4.78 is 26.0. The van der Waals surface area contributed by atoms with Crippen molar-refractivity contribution in [2.45, 2.75) is 63.5 Å². The topological polar surface area (TPSA) is 67.2 Å². The van der Waals surface area contributed by atoms with E-state index < -0.39 is 11.5 Å². The van der Waals surface area contributed by atoms with Gasteiger partial charge >= 0.3 is 6.03 Å². The smallest absolute Gasteiger partial charge is 0.315 e. The molecule has 0 spiro atoms. The molecule has 0 unspecified atom stereocenters. The molecule has 0 bridgehead atoms. The van der Waals surface area contributed by atoms with Crippen molar-refractivity contribution in [3.05, 3.63) is 0 Å². The third-order valence-corrected chi connectivity index (χ3v) is 3.07. The Kier molecular flexibility index (Phi) is 4.20. The second-order valence-corrected chi connectivity index (χ2v) is 6.28. The van der Waals surface area contributed by atoms with Crippen molar-refractivity contribution in [2.75, 3.05) is 6.54 Å².